The van der Waals surface area contributed by atoms with E-state index < -0.39 is 5.97 Å². The van der Waals surface area contributed by atoms with Crippen molar-refractivity contribution in [2.45, 2.75) is 6.92 Å². The van der Waals surface area contributed by atoms with E-state index in [2.05, 4.69) is 0 Å². The third-order valence-corrected chi connectivity index (χ3v) is 5.07. The average molecular weight is 418 g/mol. The van der Waals surface area contributed by atoms with Crippen molar-refractivity contribution in [2.24, 2.45) is 0 Å². The average Bonchev–Trinajstić information content (AvgIpc) is 2.94. The molecule has 1 aliphatic heterocycles. The number of methoxy groups -OCH3 is 2. The minimum Gasteiger partial charge on any atom is -0.497 e. The maximum absolute atomic E-state index is 13.2. The summed E-state index contributed by atoms with van der Waals surface area (Å²) in [6.45, 7) is 1.68. The number of halogens is 2. The van der Waals surface area contributed by atoms with Crippen molar-refractivity contribution in [3.63, 3.8) is 0 Å². The summed E-state index contributed by atoms with van der Waals surface area (Å²) in [6.07, 6.45) is 1.52. The molecule has 0 aromatic heterocycles. The lowest BCUT2D eigenvalue weighted by molar-refractivity contribution is -0.136. The van der Waals surface area contributed by atoms with Crippen LogP contribution < -0.4 is 9.64 Å². The summed E-state index contributed by atoms with van der Waals surface area (Å²) in [4.78, 5) is 27.1. The van der Waals surface area contributed by atoms with Crippen molar-refractivity contribution < 1.29 is 19.1 Å². The first kappa shape index (κ1) is 20.0. The number of rotatable bonds is 4. The highest BCUT2D eigenvalue weighted by atomic mass is 35.5. The van der Waals surface area contributed by atoms with E-state index in [1.54, 1.807) is 56.5 Å². The summed E-state index contributed by atoms with van der Waals surface area (Å²) in [6, 6.07) is 12.0. The lowest BCUT2D eigenvalue weighted by Gasteiger charge is -2.18. The van der Waals surface area contributed by atoms with Crippen LogP contribution in [0.15, 0.2) is 59.3 Å². The lowest BCUT2D eigenvalue weighted by Crippen LogP contribution is -2.24. The maximum atomic E-state index is 13.2. The Balaban J connectivity index is 2.16. The number of anilines is 1. The summed E-state index contributed by atoms with van der Waals surface area (Å²) in [5, 5.41) is 0.745. The number of esters is 1. The molecule has 144 valence electrons. The van der Waals surface area contributed by atoms with Gasteiger partial charge in [-0.3, -0.25) is 9.69 Å². The fraction of sp³-hybridized carbons (Fsp3) is 0.143. The molecule has 2 aromatic rings. The molecule has 0 atom stereocenters. The molecule has 0 unspecified atom stereocenters. The van der Waals surface area contributed by atoms with E-state index in [1.165, 1.54) is 18.1 Å². The Bertz CT molecular complexity index is 989. The molecule has 5 nitrogen and oxygen atoms in total. The number of ether oxygens (including phenoxy) is 2. The van der Waals surface area contributed by atoms with E-state index in [0.717, 1.165) is 0 Å². The first-order valence-corrected chi connectivity index (χ1v) is 9.08. The third kappa shape index (κ3) is 3.51. The van der Waals surface area contributed by atoms with Crippen LogP contribution in [0.25, 0.3) is 6.08 Å². The molecule has 0 saturated carbocycles. The highest BCUT2D eigenvalue weighted by Gasteiger charge is 2.38. The second-order valence-electron chi connectivity index (χ2n) is 5.98. The number of nitrogens with zero attached hydrogens (tertiary/aromatic N) is 1. The normalized spacial score (nSPS) is 15.4. The van der Waals surface area contributed by atoms with Crippen molar-refractivity contribution in [3.8, 4) is 5.75 Å². The minimum atomic E-state index is -0.615. The van der Waals surface area contributed by atoms with E-state index >= 15 is 0 Å². The molecule has 0 radical (unpaired) electrons. The van der Waals surface area contributed by atoms with Gasteiger partial charge in [-0.2, -0.15) is 0 Å². The SMILES string of the molecule is COC(=O)C1=C(C)N(c2ccc(OC)cc2)C(=O)/C1=C\c1c(Cl)cccc1Cl. The number of allylic oxidation sites excluding steroid dienone is 1. The largest absolute Gasteiger partial charge is 0.497 e. The zero-order valence-electron chi connectivity index (χ0n) is 15.5. The van der Waals surface area contributed by atoms with Crippen LogP contribution in [0.1, 0.15) is 12.5 Å². The summed E-state index contributed by atoms with van der Waals surface area (Å²) in [5.41, 5.74) is 1.84. The first-order chi connectivity index (χ1) is 13.4. The Hall–Kier alpha value is -2.76. The van der Waals surface area contributed by atoms with Crippen LogP contribution in [0, 0.1) is 0 Å². The van der Waals surface area contributed by atoms with E-state index in [4.69, 9.17) is 32.7 Å². The van der Waals surface area contributed by atoms with Crippen LogP contribution >= 0.6 is 23.2 Å². The van der Waals surface area contributed by atoms with Crippen LogP contribution in [-0.2, 0) is 14.3 Å². The van der Waals surface area contributed by atoms with Crippen molar-refractivity contribution in [2.75, 3.05) is 19.1 Å². The van der Waals surface area contributed by atoms with Crippen LogP contribution in [0.2, 0.25) is 10.0 Å². The fourth-order valence-corrected chi connectivity index (χ4v) is 3.52. The van der Waals surface area contributed by atoms with Gasteiger partial charge in [-0.15, -0.1) is 0 Å². The molecular weight excluding hydrogens is 401 g/mol. The zero-order chi connectivity index (χ0) is 20.4. The molecule has 1 amide bonds. The smallest absolute Gasteiger partial charge is 0.340 e. The highest BCUT2D eigenvalue weighted by Crippen LogP contribution is 2.37. The minimum absolute atomic E-state index is 0.162. The maximum Gasteiger partial charge on any atom is 0.340 e. The molecule has 1 aliphatic rings. The van der Waals surface area contributed by atoms with Crippen LogP contribution in [0.3, 0.4) is 0 Å². The second-order valence-corrected chi connectivity index (χ2v) is 6.80. The first-order valence-electron chi connectivity index (χ1n) is 8.32. The summed E-state index contributed by atoms with van der Waals surface area (Å²) < 4.78 is 10.1. The Morgan fingerprint density at radius 1 is 1.04 bits per heavy atom. The highest BCUT2D eigenvalue weighted by molar-refractivity contribution is 6.37. The number of amides is 1. The van der Waals surface area contributed by atoms with Crippen molar-refractivity contribution in [1.29, 1.82) is 0 Å². The predicted molar refractivity (Wildman–Crippen MR) is 110 cm³/mol. The van der Waals surface area contributed by atoms with Gasteiger partial charge in [0.1, 0.15) is 5.75 Å². The molecule has 28 heavy (non-hydrogen) atoms. The van der Waals surface area contributed by atoms with Crippen molar-refractivity contribution in [1.82, 2.24) is 0 Å². The number of benzene rings is 2. The van der Waals surface area contributed by atoms with Crippen molar-refractivity contribution >= 4 is 46.8 Å². The number of carbonyl (C=O) groups is 2. The van der Waals surface area contributed by atoms with E-state index in [1.807, 2.05) is 0 Å². The molecule has 0 spiro atoms. The summed E-state index contributed by atoms with van der Waals surface area (Å²) >= 11 is 12.5. The van der Waals surface area contributed by atoms with Gasteiger partial charge in [0, 0.05) is 27.0 Å². The Morgan fingerprint density at radius 3 is 2.18 bits per heavy atom. The topological polar surface area (TPSA) is 55.8 Å². The molecule has 2 aromatic carbocycles. The standard InChI is InChI=1S/C21H17Cl2NO4/c1-12-19(21(26)28-3)16(11-15-17(22)5-4-6-18(15)23)20(25)24(12)13-7-9-14(27-2)10-8-13/h4-11H,1-3H3/b16-11-. The van der Waals surface area contributed by atoms with Crippen LogP contribution in [-0.4, -0.2) is 26.1 Å². The quantitative estimate of drug-likeness (QED) is 0.525. The molecule has 0 aliphatic carbocycles. The summed E-state index contributed by atoms with van der Waals surface area (Å²) in [7, 11) is 2.83. The molecule has 0 N–H and O–H groups in total. The Labute approximate surface area is 172 Å². The Kier molecular flexibility index (Phi) is 5.77. The molecule has 3 rings (SSSR count). The molecule has 1 heterocycles. The molecule has 7 heteroatoms. The number of carbonyl (C=O) groups excluding carboxylic acids is 2. The van der Waals surface area contributed by atoms with Gasteiger partial charge in [0.25, 0.3) is 5.91 Å². The van der Waals surface area contributed by atoms with Gasteiger partial charge < -0.3 is 9.47 Å². The van der Waals surface area contributed by atoms with Crippen LogP contribution in [0.4, 0.5) is 5.69 Å². The molecule has 0 fully saturated rings. The number of hydrogen-bond donors (Lipinski definition) is 0. The van der Waals surface area contributed by atoms with Crippen LogP contribution in [0.5, 0.6) is 5.75 Å². The number of hydrogen-bond acceptors (Lipinski definition) is 4. The van der Waals surface area contributed by atoms with Gasteiger partial charge in [0.2, 0.25) is 0 Å². The molecule has 0 saturated heterocycles. The van der Waals surface area contributed by atoms with Gasteiger partial charge in [0.05, 0.1) is 25.4 Å². The fourth-order valence-electron chi connectivity index (χ4n) is 3.02. The van der Waals surface area contributed by atoms with Gasteiger partial charge in [-0.25, -0.2) is 4.79 Å². The van der Waals surface area contributed by atoms with E-state index in [-0.39, 0.29) is 17.1 Å². The van der Waals surface area contributed by atoms with Gasteiger partial charge >= 0.3 is 5.97 Å². The van der Waals surface area contributed by atoms with E-state index in [9.17, 15) is 9.59 Å². The van der Waals surface area contributed by atoms with Gasteiger partial charge in [0.15, 0.2) is 0 Å². The predicted octanol–water partition coefficient (Wildman–Crippen LogP) is 4.88. The van der Waals surface area contributed by atoms with E-state index in [0.29, 0.717) is 32.7 Å². The summed E-state index contributed by atoms with van der Waals surface area (Å²) in [5.74, 6) is -0.334. The second kappa shape index (κ2) is 8.09. The molecular formula is C21H17Cl2NO4. The Morgan fingerprint density at radius 2 is 1.64 bits per heavy atom. The monoisotopic (exact) mass is 417 g/mol. The lowest BCUT2D eigenvalue weighted by atomic mass is 10.0. The van der Waals surface area contributed by atoms with Gasteiger partial charge in [-0.05, 0) is 49.4 Å². The van der Waals surface area contributed by atoms with Gasteiger partial charge in [-0.1, -0.05) is 29.3 Å². The third-order valence-electron chi connectivity index (χ3n) is 4.41. The van der Waals surface area contributed by atoms with Crippen molar-refractivity contribution in [3.05, 3.63) is 74.9 Å². The molecule has 0 bridgehead atoms. The zero-order valence-corrected chi connectivity index (χ0v) is 17.0.